The first kappa shape index (κ1) is 52.4. The fourth-order valence-electron chi connectivity index (χ4n) is 6.85. The average Bonchev–Trinajstić information content (AvgIpc) is 3.17. The van der Waals surface area contributed by atoms with Gasteiger partial charge in [0, 0.05) is 19.4 Å². The summed E-state index contributed by atoms with van der Waals surface area (Å²) in [6.07, 6.45) is 51.9. The Morgan fingerprint density at radius 1 is 0.389 bits per heavy atom. The van der Waals surface area contributed by atoms with Gasteiger partial charge < -0.3 is 14.2 Å². The van der Waals surface area contributed by atoms with Gasteiger partial charge >= 0.3 is 11.9 Å². The van der Waals surface area contributed by atoms with Gasteiger partial charge in [-0.05, 0) is 70.6 Å². The second-order valence-electron chi connectivity index (χ2n) is 16.0. The lowest BCUT2D eigenvalue weighted by molar-refractivity contribution is -0.163. The molecule has 0 saturated heterocycles. The highest BCUT2D eigenvalue weighted by molar-refractivity contribution is 5.70. The minimum absolute atomic E-state index is 0.0834. The van der Waals surface area contributed by atoms with Crippen molar-refractivity contribution >= 4 is 11.9 Å². The number of carbonyl (C=O) groups is 2. The second kappa shape index (κ2) is 45.8. The van der Waals surface area contributed by atoms with E-state index in [0.717, 1.165) is 51.4 Å². The van der Waals surface area contributed by atoms with Crippen molar-refractivity contribution in [2.75, 3.05) is 19.8 Å². The van der Waals surface area contributed by atoms with Crippen LogP contribution in [0.4, 0.5) is 0 Å². The van der Waals surface area contributed by atoms with Crippen LogP contribution in [0.1, 0.15) is 252 Å². The summed E-state index contributed by atoms with van der Waals surface area (Å²) in [5.41, 5.74) is 0. The van der Waals surface area contributed by atoms with Gasteiger partial charge in [-0.15, -0.1) is 0 Å². The zero-order chi connectivity index (χ0) is 39.3. The van der Waals surface area contributed by atoms with Crippen molar-refractivity contribution in [1.29, 1.82) is 0 Å². The number of hydrogen-bond acceptors (Lipinski definition) is 5. The molecule has 54 heavy (non-hydrogen) atoms. The van der Waals surface area contributed by atoms with E-state index in [1.807, 2.05) is 0 Å². The molecule has 318 valence electrons. The lowest BCUT2D eigenvalue weighted by atomic mass is 10.1. The van der Waals surface area contributed by atoms with Crippen LogP contribution in [-0.4, -0.2) is 37.9 Å². The molecular formula is C49H92O5. The van der Waals surface area contributed by atoms with Gasteiger partial charge in [0.25, 0.3) is 0 Å². The topological polar surface area (TPSA) is 61.8 Å². The van der Waals surface area contributed by atoms with Crippen LogP contribution >= 0.6 is 0 Å². The number of unbranched alkanes of at least 4 members (excludes halogenated alkanes) is 29. The molecule has 0 aliphatic heterocycles. The van der Waals surface area contributed by atoms with Gasteiger partial charge in [-0.3, -0.25) is 9.59 Å². The van der Waals surface area contributed by atoms with Gasteiger partial charge in [0.05, 0.1) is 6.61 Å². The van der Waals surface area contributed by atoms with Crippen molar-refractivity contribution in [2.45, 2.75) is 258 Å². The molecular weight excluding hydrogens is 669 g/mol. The third-order valence-electron chi connectivity index (χ3n) is 10.5. The summed E-state index contributed by atoms with van der Waals surface area (Å²) in [5.74, 6) is -0.406. The Morgan fingerprint density at radius 2 is 0.722 bits per heavy atom. The van der Waals surface area contributed by atoms with E-state index in [1.165, 1.54) is 167 Å². The molecule has 5 heteroatoms. The van der Waals surface area contributed by atoms with Crippen LogP contribution in [-0.2, 0) is 23.8 Å². The van der Waals surface area contributed by atoms with Crippen LogP contribution in [0.25, 0.3) is 0 Å². The zero-order valence-corrected chi connectivity index (χ0v) is 36.5. The summed E-state index contributed by atoms with van der Waals surface area (Å²) < 4.78 is 17.3. The number of esters is 2. The molecule has 0 spiro atoms. The predicted molar refractivity (Wildman–Crippen MR) is 233 cm³/mol. The Labute approximate surface area is 337 Å². The van der Waals surface area contributed by atoms with Gasteiger partial charge in [-0.25, -0.2) is 0 Å². The maximum absolute atomic E-state index is 12.6. The van der Waals surface area contributed by atoms with Crippen LogP contribution in [0.5, 0.6) is 0 Å². The van der Waals surface area contributed by atoms with Gasteiger partial charge in [0.15, 0.2) is 6.10 Å². The Balaban J connectivity index is 4.13. The summed E-state index contributed by atoms with van der Waals surface area (Å²) in [6, 6.07) is 0. The molecule has 0 N–H and O–H groups in total. The summed E-state index contributed by atoms with van der Waals surface area (Å²) in [6.45, 7) is 7.79. The highest BCUT2D eigenvalue weighted by Gasteiger charge is 2.17. The van der Waals surface area contributed by atoms with Crippen LogP contribution in [0.15, 0.2) is 24.3 Å². The van der Waals surface area contributed by atoms with Crippen LogP contribution in [0.3, 0.4) is 0 Å². The summed E-state index contributed by atoms with van der Waals surface area (Å²) >= 11 is 0. The smallest absolute Gasteiger partial charge is 0.306 e. The highest BCUT2D eigenvalue weighted by Crippen LogP contribution is 2.14. The third kappa shape index (κ3) is 43.1. The molecule has 0 aromatic carbocycles. The van der Waals surface area contributed by atoms with Crippen LogP contribution < -0.4 is 0 Å². The van der Waals surface area contributed by atoms with Crippen molar-refractivity contribution in [3.05, 3.63) is 24.3 Å². The molecule has 5 nitrogen and oxygen atoms in total. The average molecular weight is 761 g/mol. The molecule has 1 unspecified atom stereocenters. The van der Waals surface area contributed by atoms with Crippen molar-refractivity contribution in [2.24, 2.45) is 0 Å². The third-order valence-corrected chi connectivity index (χ3v) is 10.5. The summed E-state index contributed by atoms with van der Waals surface area (Å²) in [5, 5.41) is 0. The minimum atomic E-state index is -0.533. The zero-order valence-electron chi connectivity index (χ0n) is 36.5. The molecule has 0 heterocycles. The van der Waals surface area contributed by atoms with E-state index >= 15 is 0 Å². The first-order valence-corrected chi connectivity index (χ1v) is 23.9. The van der Waals surface area contributed by atoms with Crippen LogP contribution in [0, 0.1) is 0 Å². The van der Waals surface area contributed by atoms with E-state index in [1.54, 1.807) is 0 Å². The largest absolute Gasteiger partial charge is 0.462 e. The van der Waals surface area contributed by atoms with Gasteiger partial charge in [-0.1, -0.05) is 193 Å². The normalized spacial score (nSPS) is 12.3. The van der Waals surface area contributed by atoms with E-state index in [0.29, 0.717) is 19.4 Å². The first-order valence-electron chi connectivity index (χ1n) is 23.9. The molecule has 1 atom stereocenters. The molecule has 0 aliphatic rings. The Bertz CT molecular complexity index is 821. The van der Waals surface area contributed by atoms with Crippen molar-refractivity contribution in [1.82, 2.24) is 0 Å². The molecule has 0 rings (SSSR count). The van der Waals surface area contributed by atoms with E-state index in [4.69, 9.17) is 14.2 Å². The highest BCUT2D eigenvalue weighted by atomic mass is 16.6. The quantitative estimate of drug-likeness (QED) is 0.0352. The minimum Gasteiger partial charge on any atom is -0.462 e. The molecule has 0 aromatic rings. The maximum Gasteiger partial charge on any atom is 0.306 e. The fraction of sp³-hybridized carbons (Fsp3) is 0.878. The lowest BCUT2D eigenvalue weighted by Crippen LogP contribution is -2.30. The van der Waals surface area contributed by atoms with Crippen LogP contribution in [0.2, 0.25) is 0 Å². The predicted octanol–water partition coefficient (Wildman–Crippen LogP) is 15.7. The molecule has 0 fully saturated rings. The summed E-state index contributed by atoms with van der Waals surface area (Å²) in [7, 11) is 0. The summed E-state index contributed by atoms with van der Waals surface area (Å²) in [4.78, 5) is 25.1. The van der Waals surface area contributed by atoms with E-state index in [-0.39, 0.29) is 25.2 Å². The lowest BCUT2D eigenvalue weighted by Gasteiger charge is -2.18. The Hall–Kier alpha value is -1.62. The number of ether oxygens (including phenoxy) is 3. The molecule has 0 radical (unpaired) electrons. The van der Waals surface area contributed by atoms with Crippen molar-refractivity contribution in [3.8, 4) is 0 Å². The molecule has 0 aromatic heterocycles. The second-order valence-corrected chi connectivity index (χ2v) is 16.0. The number of allylic oxidation sites excluding steroid dienone is 4. The van der Waals surface area contributed by atoms with E-state index in [9.17, 15) is 9.59 Å². The monoisotopic (exact) mass is 761 g/mol. The van der Waals surface area contributed by atoms with E-state index < -0.39 is 6.10 Å². The standard InChI is InChI=1S/C49H92O5/c1-4-7-10-13-16-18-20-22-24-26-28-30-32-35-38-41-44-52-45-47(54-49(51)43-40-37-33-15-12-9-6-3)46-53-48(50)42-39-36-34-31-29-27-25-23-21-19-17-14-11-8-5-2/h22-25,47H,4-21,26-46H2,1-3H3/b24-22-,25-23-. The van der Waals surface area contributed by atoms with E-state index in [2.05, 4.69) is 45.1 Å². The molecule has 0 saturated carbocycles. The van der Waals surface area contributed by atoms with Crippen molar-refractivity contribution in [3.63, 3.8) is 0 Å². The molecule has 0 aliphatic carbocycles. The Morgan fingerprint density at radius 3 is 1.13 bits per heavy atom. The number of carbonyl (C=O) groups excluding carboxylic acids is 2. The van der Waals surface area contributed by atoms with Gasteiger partial charge in [-0.2, -0.15) is 0 Å². The molecule has 0 bridgehead atoms. The number of hydrogen-bond donors (Lipinski definition) is 0. The van der Waals surface area contributed by atoms with Gasteiger partial charge in [0.1, 0.15) is 6.61 Å². The Kier molecular flexibility index (Phi) is 44.4. The van der Waals surface area contributed by atoms with Gasteiger partial charge in [0.2, 0.25) is 0 Å². The fourth-order valence-corrected chi connectivity index (χ4v) is 6.85. The SMILES string of the molecule is CCCCCCCC/C=C\CCCCCCCCOCC(COC(=O)CCCCCCC/C=C\CCCCCCCC)OC(=O)CCCCCCCCC. The molecule has 0 amide bonds. The van der Waals surface area contributed by atoms with Crippen molar-refractivity contribution < 1.29 is 23.8 Å². The number of rotatable bonds is 44. The maximum atomic E-state index is 12.6. The first-order chi connectivity index (χ1) is 26.6.